The summed E-state index contributed by atoms with van der Waals surface area (Å²) in [6.45, 7) is 11.1. The monoisotopic (exact) mass is 374 g/mol. The molecule has 0 aliphatic heterocycles. The third-order valence-electron chi connectivity index (χ3n) is 9.68. The van der Waals surface area contributed by atoms with E-state index in [1.165, 1.54) is 44.9 Å². The average Bonchev–Trinajstić information content (AvgIpc) is 2.89. The predicted octanol–water partition coefficient (Wildman–Crippen LogP) is 5.87. The van der Waals surface area contributed by atoms with Gasteiger partial charge < -0.3 is 10.2 Å². The van der Waals surface area contributed by atoms with Crippen LogP contribution in [-0.4, -0.2) is 21.4 Å². The van der Waals surface area contributed by atoms with Crippen LogP contribution in [-0.2, 0) is 0 Å². The van der Waals surface area contributed by atoms with Crippen LogP contribution >= 0.6 is 0 Å². The normalized spacial score (nSPS) is 49.8. The van der Waals surface area contributed by atoms with Gasteiger partial charge in [-0.1, -0.05) is 25.5 Å². The van der Waals surface area contributed by atoms with Crippen molar-refractivity contribution in [2.75, 3.05) is 0 Å². The molecule has 2 nitrogen and oxygen atoms in total. The molecular formula is C25H42O2. The van der Waals surface area contributed by atoms with Crippen molar-refractivity contribution in [3.05, 3.63) is 11.6 Å². The summed E-state index contributed by atoms with van der Waals surface area (Å²) in [5.74, 6) is 3.31. The lowest BCUT2D eigenvalue weighted by Crippen LogP contribution is -2.51. The SMILES string of the molecule is CC(C)(O)CCC1CCC2C3CC=C4CC(C)(O)CCC4(C)C3CCC12C. The average molecular weight is 375 g/mol. The van der Waals surface area contributed by atoms with Gasteiger partial charge in [-0.3, -0.25) is 0 Å². The minimum absolute atomic E-state index is 0.331. The van der Waals surface area contributed by atoms with Crippen LogP contribution in [0, 0.1) is 34.5 Å². The molecule has 27 heavy (non-hydrogen) atoms. The van der Waals surface area contributed by atoms with Gasteiger partial charge in [0.05, 0.1) is 11.2 Å². The summed E-state index contributed by atoms with van der Waals surface area (Å²) in [4.78, 5) is 0. The first-order valence-electron chi connectivity index (χ1n) is 11.6. The highest BCUT2D eigenvalue weighted by molar-refractivity contribution is 5.26. The maximum absolute atomic E-state index is 10.6. The molecule has 0 aromatic rings. The molecule has 0 spiro atoms. The third-order valence-corrected chi connectivity index (χ3v) is 9.68. The first kappa shape index (κ1) is 20.0. The molecule has 0 saturated heterocycles. The molecule has 154 valence electrons. The topological polar surface area (TPSA) is 40.5 Å². The van der Waals surface area contributed by atoms with Gasteiger partial charge in [0, 0.05) is 0 Å². The maximum Gasteiger partial charge on any atom is 0.0657 e. The Morgan fingerprint density at radius 3 is 2.48 bits per heavy atom. The molecule has 0 aromatic heterocycles. The van der Waals surface area contributed by atoms with Gasteiger partial charge in [0.25, 0.3) is 0 Å². The van der Waals surface area contributed by atoms with E-state index in [1.807, 2.05) is 20.8 Å². The highest BCUT2D eigenvalue weighted by Gasteiger charge is 2.58. The Balaban J connectivity index is 1.55. The summed E-state index contributed by atoms with van der Waals surface area (Å²) in [6, 6.07) is 0. The lowest BCUT2D eigenvalue weighted by atomic mass is 9.46. The van der Waals surface area contributed by atoms with Gasteiger partial charge >= 0.3 is 0 Å². The van der Waals surface area contributed by atoms with Crippen LogP contribution in [0.15, 0.2) is 11.6 Å². The number of aliphatic hydroxyl groups is 2. The Morgan fingerprint density at radius 2 is 1.78 bits per heavy atom. The van der Waals surface area contributed by atoms with Crippen molar-refractivity contribution in [2.24, 2.45) is 34.5 Å². The second-order valence-electron chi connectivity index (χ2n) is 12.1. The van der Waals surface area contributed by atoms with Gasteiger partial charge in [0.2, 0.25) is 0 Å². The smallest absolute Gasteiger partial charge is 0.0657 e. The Hall–Kier alpha value is -0.340. The molecule has 3 fully saturated rings. The van der Waals surface area contributed by atoms with Crippen molar-refractivity contribution in [3.63, 3.8) is 0 Å². The highest BCUT2D eigenvalue weighted by atomic mass is 16.3. The van der Waals surface area contributed by atoms with E-state index >= 15 is 0 Å². The lowest BCUT2D eigenvalue weighted by molar-refractivity contribution is -0.0677. The van der Waals surface area contributed by atoms with Crippen LogP contribution in [0.4, 0.5) is 0 Å². The van der Waals surface area contributed by atoms with Crippen molar-refractivity contribution >= 4 is 0 Å². The van der Waals surface area contributed by atoms with Gasteiger partial charge in [-0.15, -0.1) is 0 Å². The minimum Gasteiger partial charge on any atom is -0.390 e. The van der Waals surface area contributed by atoms with Crippen molar-refractivity contribution in [3.8, 4) is 0 Å². The largest absolute Gasteiger partial charge is 0.390 e. The fraction of sp³-hybridized carbons (Fsp3) is 0.920. The second kappa shape index (κ2) is 6.33. The van der Waals surface area contributed by atoms with Crippen LogP contribution in [0.3, 0.4) is 0 Å². The number of fused-ring (bicyclic) bond motifs is 5. The van der Waals surface area contributed by atoms with E-state index in [1.54, 1.807) is 5.57 Å². The van der Waals surface area contributed by atoms with Crippen LogP contribution in [0.1, 0.15) is 98.8 Å². The predicted molar refractivity (Wildman–Crippen MR) is 111 cm³/mol. The molecule has 4 aliphatic rings. The highest BCUT2D eigenvalue weighted by Crippen LogP contribution is 2.67. The van der Waals surface area contributed by atoms with Crippen molar-refractivity contribution in [1.29, 1.82) is 0 Å². The molecule has 0 radical (unpaired) electrons. The van der Waals surface area contributed by atoms with E-state index in [4.69, 9.17) is 0 Å². The molecule has 2 heteroatoms. The van der Waals surface area contributed by atoms with Crippen LogP contribution in [0.25, 0.3) is 0 Å². The van der Waals surface area contributed by atoms with E-state index in [0.717, 1.165) is 42.9 Å². The molecule has 0 aromatic carbocycles. The molecule has 7 atom stereocenters. The molecule has 7 unspecified atom stereocenters. The van der Waals surface area contributed by atoms with Crippen LogP contribution in [0.5, 0.6) is 0 Å². The Morgan fingerprint density at radius 1 is 1.04 bits per heavy atom. The maximum atomic E-state index is 10.6. The fourth-order valence-electron chi connectivity index (χ4n) is 7.92. The molecule has 3 saturated carbocycles. The van der Waals surface area contributed by atoms with E-state index in [9.17, 15) is 10.2 Å². The van der Waals surface area contributed by atoms with Crippen molar-refractivity contribution in [1.82, 2.24) is 0 Å². The first-order valence-corrected chi connectivity index (χ1v) is 11.6. The summed E-state index contributed by atoms with van der Waals surface area (Å²) >= 11 is 0. The Bertz CT molecular complexity index is 612. The second-order valence-corrected chi connectivity index (χ2v) is 12.1. The number of hydrogen-bond donors (Lipinski definition) is 2. The van der Waals surface area contributed by atoms with Crippen LogP contribution < -0.4 is 0 Å². The minimum atomic E-state index is -0.527. The Labute approximate surface area is 166 Å². The zero-order valence-electron chi connectivity index (χ0n) is 18.4. The van der Waals surface area contributed by atoms with Crippen molar-refractivity contribution < 1.29 is 10.2 Å². The third kappa shape index (κ3) is 3.33. The van der Waals surface area contributed by atoms with Gasteiger partial charge in [-0.2, -0.15) is 0 Å². The van der Waals surface area contributed by atoms with Crippen LogP contribution in [0.2, 0.25) is 0 Å². The zero-order chi connectivity index (χ0) is 19.7. The quantitative estimate of drug-likeness (QED) is 0.607. The van der Waals surface area contributed by atoms with E-state index in [-0.39, 0.29) is 0 Å². The summed E-state index contributed by atoms with van der Waals surface area (Å²) < 4.78 is 0. The lowest BCUT2D eigenvalue weighted by Gasteiger charge is -2.59. The standard InChI is InChI=1S/C25H42O2/c1-22(2,26)12-10-17-7-9-20-19-8-6-18-16-23(3,27)14-15-25(18,5)21(19)11-13-24(17,20)4/h6,17,19-21,26-27H,7-16H2,1-5H3. The van der Waals surface area contributed by atoms with Gasteiger partial charge in [-0.05, 0) is 119 Å². The molecule has 0 amide bonds. The Kier molecular flexibility index (Phi) is 4.68. The molecule has 0 bridgehead atoms. The number of allylic oxidation sites excluding steroid dienone is 1. The summed E-state index contributed by atoms with van der Waals surface area (Å²) in [5, 5.41) is 20.8. The van der Waals surface area contributed by atoms with E-state index in [0.29, 0.717) is 10.8 Å². The van der Waals surface area contributed by atoms with E-state index < -0.39 is 11.2 Å². The van der Waals surface area contributed by atoms with Gasteiger partial charge in [-0.25, -0.2) is 0 Å². The summed E-state index contributed by atoms with van der Waals surface area (Å²) in [6.07, 6.45) is 14.4. The molecule has 0 heterocycles. The molecule has 4 aliphatic carbocycles. The molecular weight excluding hydrogens is 332 g/mol. The number of rotatable bonds is 3. The number of hydrogen-bond acceptors (Lipinski definition) is 2. The zero-order valence-corrected chi connectivity index (χ0v) is 18.4. The summed E-state index contributed by atoms with van der Waals surface area (Å²) in [7, 11) is 0. The first-order chi connectivity index (χ1) is 12.4. The molecule has 4 rings (SSSR count). The fourth-order valence-corrected chi connectivity index (χ4v) is 7.92. The van der Waals surface area contributed by atoms with Gasteiger partial charge in [0.15, 0.2) is 0 Å². The summed E-state index contributed by atoms with van der Waals surface area (Å²) in [5.41, 5.74) is 1.36. The van der Waals surface area contributed by atoms with E-state index in [2.05, 4.69) is 19.9 Å². The van der Waals surface area contributed by atoms with Gasteiger partial charge in [0.1, 0.15) is 0 Å². The molecule has 2 N–H and O–H groups in total. The van der Waals surface area contributed by atoms with Crippen molar-refractivity contribution in [2.45, 2.75) is 110 Å².